The van der Waals surface area contributed by atoms with Crippen LogP contribution in [0.5, 0.6) is 5.75 Å². The third kappa shape index (κ3) is 5.45. The molecule has 0 radical (unpaired) electrons. The van der Waals surface area contributed by atoms with E-state index in [1.54, 1.807) is 18.1 Å². The molecule has 0 fully saturated rings. The van der Waals surface area contributed by atoms with Crippen LogP contribution in [0, 0.1) is 5.92 Å². The maximum Gasteiger partial charge on any atom is 0.223 e. The first-order chi connectivity index (χ1) is 9.95. The van der Waals surface area contributed by atoms with Crippen LogP contribution in [0.1, 0.15) is 27.2 Å². The molecule has 0 bridgehead atoms. The summed E-state index contributed by atoms with van der Waals surface area (Å²) in [5, 5.41) is 2.85. The van der Waals surface area contributed by atoms with Gasteiger partial charge in [-0.05, 0) is 18.1 Å². The highest BCUT2D eigenvalue weighted by molar-refractivity contribution is 5.93. The van der Waals surface area contributed by atoms with Crippen molar-refractivity contribution in [1.29, 1.82) is 0 Å². The van der Waals surface area contributed by atoms with Crippen LogP contribution in [0.15, 0.2) is 24.3 Å². The number of rotatable bonds is 7. The van der Waals surface area contributed by atoms with Gasteiger partial charge < -0.3 is 15.0 Å². The van der Waals surface area contributed by atoms with Crippen molar-refractivity contribution in [2.75, 3.05) is 25.1 Å². The van der Waals surface area contributed by atoms with E-state index >= 15 is 0 Å². The lowest BCUT2D eigenvalue weighted by Gasteiger charge is -2.23. The molecule has 21 heavy (non-hydrogen) atoms. The highest BCUT2D eigenvalue weighted by atomic mass is 16.5. The molecule has 1 aromatic rings. The van der Waals surface area contributed by atoms with Crippen molar-refractivity contribution < 1.29 is 14.3 Å². The van der Waals surface area contributed by atoms with E-state index in [9.17, 15) is 9.59 Å². The molecule has 0 aliphatic rings. The Kier molecular flexibility index (Phi) is 6.72. The molecule has 1 aromatic carbocycles. The van der Waals surface area contributed by atoms with Gasteiger partial charge in [0.15, 0.2) is 0 Å². The Labute approximate surface area is 126 Å². The van der Waals surface area contributed by atoms with Crippen LogP contribution in [0.2, 0.25) is 0 Å². The predicted molar refractivity (Wildman–Crippen MR) is 83.5 cm³/mol. The number of nitrogens with zero attached hydrogens (tertiary/aromatic N) is 1. The Morgan fingerprint density at radius 1 is 1.29 bits per heavy atom. The molecule has 0 heterocycles. The van der Waals surface area contributed by atoms with Gasteiger partial charge in [0.25, 0.3) is 0 Å². The highest BCUT2D eigenvalue weighted by Gasteiger charge is 2.16. The van der Waals surface area contributed by atoms with Gasteiger partial charge in [0.1, 0.15) is 5.75 Å². The molecule has 0 atom stereocenters. The SMILES string of the molecule is COc1ccccc1N(CCC(=O)NCC(C)C)C(C)=O. The van der Waals surface area contributed by atoms with E-state index < -0.39 is 0 Å². The van der Waals surface area contributed by atoms with Gasteiger partial charge in [-0.2, -0.15) is 0 Å². The minimum atomic E-state index is -0.115. The van der Waals surface area contributed by atoms with Crippen LogP contribution in [-0.4, -0.2) is 32.0 Å². The number of hydrogen-bond donors (Lipinski definition) is 1. The first-order valence-corrected chi connectivity index (χ1v) is 7.13. The topological polar surface area (TPSA) is 58.6 Å². The highest BCUT2D eigenvalue weighted by Crippen LogP contribution is 2.27. The molecule has 5 nitrogen and oxygen atoms in total. The summed E-state index contributed by atoms with van der Waals surface area (Å²) in [6.45, 7) is 6.54. The molecule has 0 aliphatic carbocycles. The average Bonchev–Trinajstić information content (AvgIpc) is 2.45. The minimum absolute atomic E-state index is 0.0511. The van der Waals surface area contributed by atoms with Crippen molar-refractivity contribution in [3.8, 4) is 5.75 Å². The monoisotopic (exact) mass is 292 g/mol. The van der Waals surface area contributed by atoms with Crippen LogP contribution >= 0.6 is 0 Å². The Bertz CT molecular complexity index is 486. The number of ether oxygens (including phenoxy) is 1. The molecule has 0 aliphatic heterocycles. The van der Waals surface area contributed by atoms with Crippen molar-refractivity contribution in [3.05, 3.63) is 24.3 Å². The summed E-state index contributed by atoms with van der Waals surface area (Å²) in [5.74, 6) is 0.864. The van der Waals surface area contributed by atoms with Gasteiger partial charge in [0, 0.05) is 26.4 Å². The number of benzene rings is 1. The largest absolute Gasteiger partial charge is 0.495 e. The lowest BCUT2D eigenvalue weighted by Crippen LogP contribution is -2.35. The fourth-order valence-corrected chi connectivity index (χ4v) is 1.92. The van der Waals surface area contributed by atoms with E-state index in [1.165, 1.54) is 6.92 Å². The number of para-hydroxylation sites is 2. The maximum atomic E-state index is 11.8. The van der Waals surface area contributed by atoms with E-state index in [1.807, 2.05) is 32.0 Å². The van der Waals surface area contributed by atoms with E-state index in [2.05, 4.69) is 5.32 Å². The van der Waals surface area contributed by atoms with Gasteiger partial charge in [-0.3, -0.25) is 9.59 Å². The van der Waals surface area contributed by atoms with E-state index in [0.29, 0.717) is 30.4 Å². The molecule has 2 amide bonds. The van der Waals surface area contributed by atoms with E-state index in [0.717, 1.165) is 0 Å². The first kappa shape index (κ1) is 17.0. The number of amides is 2. The number of hydrogen-bond acceptors (Lipinski definition) is 3. The molecular weight excluding hydrogens is 268 g/mol. The average molecular weight is 292 g/mol. The summed E-state index contributed by atoms with van der Waals surface area (Å²) < 4.78 is 5.27. The normalized spacial score (nSPS) is 10.3. The summed E-state index contributed by atoms with van der Waals surface area (Å²) in [7, 11) is 1.56. The summed E-state index contributed by atoms with van der Waals surface area (Å²) in [6.07, 6.45) is 0.268. The van der Waals surface area contributed by atoms with Crippen molar-refractivity contribution in [3.63, 3.8) is 0 Å². The molecule has 1 N–H and O–H groups in total. The summed E-state index contributed by atoms with van der Waals surface area (Å²) in [4.78, 5) is 25.2. The number of carbonyl (C=O) groups excluding carboxylic acids is 2. The zero-order valence-corrected chi connectivity index (χ0v) is 13.2. The second-order valence-corrected chi connectivity index (χ2v) is 5.29. The number of methoxy groups -OCH3 is 1. The fourth-order valence-electron chi connectivity index (χ4n) is 1.92. The fraction of sp³-hybridized carbons (Fsp3) is 0.500. The summed E-state index contributed by atoms with van der Waals surface area (Å²) >= 11 is 0. The summed E-state index contributed by atoms with van der Waals surface area (Å²) in [6, 6.07) is 7.29. The van der Waals surface area contributed by atoms with Crippen molar-refractivity contribution in [2.24, 2.45) is 5.92 Å². The molecule has 1 rings (SSSR count). The predicted octanol–water partition coefficient (Wildman–Crippen LogP) is 2.21. The van der Waals surface area contributed by atoms with Gasteiger partial charge in [-0.1, -0.05) is 26.0 Å². The number of nitrogens with one attached hydrogen (secondary N) is 1. The Morgan fingerprint density at radius 3 is 2.52 bits per heavy atom. The van der Waals surface area contributed by atoms with Crippen LogP contribution in [0.4, 0.5) is 5.69 Å². The number of carbonyl (C=O) groups is 2. The quantitative estimate of drug-likeness (QED) is 0.838. The second kappa shape index (κ2) is 8.29. The second-order valence-electron chi connectivity index (χ2n) is 5.29. The first-order valence-electron chi connectivity index (χ1n) is 7.13. The molecular formula is C16H24N2O3. The Morgan fingerprint density at radius 2 is 1.95 bits per heavy atom. The Balaban J connectivity index is 2.71. The minimum Gasteiger partial charge on any atom is -0.495 e. The van der Waals surface area contributed by atoms with Gasteiger partial charge in [-0.25, -0.2) is 0 Å². The lowest BCUT2D eigenvalue weighted by molar-refractivity contribution is -0.121. The number of anilines is 1. The van der Waals surface area contributed by atoms with Crippen LogP contribution in [0.25, 0.3) is 0 Å². The third-order valence-electron chi connectivity index (χ3n) is 3.03. The van der Waals surface area contributed by atoms with E-state index in [-0.39, 0.29) is 18.2 Å². The van der Waals surface area contributed by atoms with Gasteiger partial charge in [0.2, 0.25) is 11.8 Å². The van der Waals surface area contributed by atoms with Crippen LogP contribution in [-0.2, 0) is 9.59 Å². The molecule has 116 valence electrons. The zero-order chi connectivity index (χ0) is 15.8. The molecule has 0 unspecified atom stereocenters. The molecule has 5 heteroatoms. The van der Waals surface area contributed by atoms with Gasteiger partial charge >= 0.3 is 0 Å². The van der Waals surface area contributed by atoms with Gasteiger partial charge in [0.05, 0.1) is 12.8 Å². The zero-order valence-electron chi connectivity index (χ0n) is 13.2. The summed E-state index contributed by atoms with van der Waals surface area (Å²) in [5.41, 5.74) is 0.684. The smallest absolute Gasteiger partial charge is 0.223 e. The molecule has 0 saturated heterocycles. The maximum absolute atomic E-state index is 11.8. The standard InChI is InChI=1S/C16H24N2O3/c1-12(2)11-17-16(20)9-10-18(13(3)19)14-7-5-6-8-15(14)21-4/h5-8,12H,9-11H2,1-4H3,(H,17,20). The lowest BCUT2D eigenvalue weighted by atomic mass is 10.2. The van der Waals surface area contributed by atoms with Gasteiger partial charge in [-0.15, -0.1) is 0 Å². The van der Waals surface area contributed by atoms with Crippen molar-refractivity contribution in [1.82, 2.24) is 5.32 Å². The van der Waals surface area contributed by atoms with E-state index in [4.69, 9.17) is 4.74 Å². The Hall–Kier alpha value is -2.04. The van der Waals surface area contributed by atoms with Crippen molar-refractivity contribution >= 4 is 17.5 Å². The molecule has 0 spiro atoms. The van der Waals surface area contributed by atoms with Crippen LogP contribution in [0.3, 0.4) is 0 Å². The van der Waals surface area contributed by atoms with Crippen molar-refractivity contribution in [2.45, 2.75) is 27.2 Å². The molecule has 0 saturated carbocycles. The molecule has 0 aromatic heterocycles. The van der Waals surface area contributed by atoms with Crippen LogP contribution < -0.4 is 15.0 Å². The third-order valence-corrected chi connectivity index (χ3v) is 3.03.